The van der Waals surface area contributed by atoms with Crippen molar-refractivity contribution in [1.29, 1.82) is 0 Å². The van der Waals surface area contributed by atoms with Crippen molar-refractivity contribution in [2.24, 2.45) is 45.5 Å². The number of carbonyl (C=O) groups is 6. The van der Waals surface area contributed by atoms with Crippen LogP contribution < -0.4 is 11.5 Å². The van der Waals surface area contributed by atoms with Gasteiger partial charge >= 0.3 is 93.6 Å². The summed E-state index contributed by atoms with van der Waals surface area (Å²) in [4.78, 5) is 70.0. The molecule has 0 radical (unpaired) electrons. The molecule has 5 aromatic rings. The third-order valence-corrected chi connectivity index (χ3v) is 15.4. The number of benzene rings is 5. The zero-order chi connectivity index (χ0) is 65.1. The van der Waals surface area contributed by atoms with Crippen molar-refractivity contribution < 1.29 is 58.3 Å². The summed E-state index contributed by atoms with van der Waals surface area (Å²) in [5.74, 6) is -4.87. The maximum absolute atomic E-state index is 12.4. The number of aliphatic hydroxyl groups excluding tert-OH is 1. The number of nitrogens with two attached hydrogens (primary N) is 2. The van der Waals surface area contributed by atoms with Crippen LogP contribution in [-0.4, -0.2) is 82.0 Å². The summed E-state index contributed by atoms with van der Waals surface area (Å²) in [7, 11) is -0.353. The Balaban J connectivity index is 0.000000403. The Morgan fingerprint density at radius 1 is 0.540 bits per heavy atom. The number of fused-ring (bicyclic) bond motifs is 6. The van der Waals surface area contributed by atoms with Crippen LogP contribution >= 0.6 is 86.3 Å². The Kier molecular flexibility index (Phi) is 33.4. The molecule has 2 aliphatic carbocycles. The van der Waals surface area contributed by atoms with Crippen molar-refractivity contribution in [1.82, 2.24) is 0 Å². The number of primary amides is 1. The molecule has 0 aromatic heterocycles. The minimum atomic E-state index is -0.967. The summed E-state index contributed by atoms with van der Waals surface area (Å²) in [6.45, 7) is 24.6. The van der Waals surface area contributed by atoms with Gasteiger partial charge in [-0.25, -0.2) is 0 Å². The molecule has 7 rings (SSSR count). The van der Waals surface area contributed by atoms with E-state index in [1.807, 2.05) is 142 Å². The second-order valence-corrected chi connectivity index (χ2v) is 75.5. The topological polar surface area (TPSA) is 243 Å². The fourth-order valence-corrected chi connectivity index (χ4v) is 10.2. The third-order valence-electron chi connectivity index (χ3n) is 14.6. The predicted molar refractivity (Wildman–Crippen MR) is 392 cm³/mol. The molecule has 5 aromatic carbocycles. The van der Waals surface area contributed by atoms with Crippen LogP contribution in [0.25, 0.3) is 22.3 Å². The number of amides is 1. The summed E-state index contributed by atoms with van der Waals surface area (Å²) < 4.78 is 17.6. The molecule has 480 valence electrons. The number of aliphatic hydroxyl groups is 1. The summed E-state index contributed by atoms with van der Waals surface area (Å²) in [6.07, 6.45) is 0.974. The van der Waals surface area contributed by atoms with Gasteiger partial charge in [-0.05, 0) is 141 Å². The number of rotatable bonds is 17. The van der Waals surface area contributed by atoms with E-state index in [4.69, 9.17) is 30.8 Å². The molecule has 87 heavy (non-hydrogen) atoms. The van der Waals surface area contributed by atoms with Crippen LogP contribution in [-0.2, 0) is 49.4 Å². The Labute approximate surface area is 567 Å². The summed E-state index contributed by atoms with van der Waals surface area (Å²) in [5, 5.41) is 28.0. The number of hydrogen-bond donors (Lipinski definition) is 5. The number of halogens is 5. The number of aliphatic carboxylic acids is 2. The van der Waals surface area contributed by atoms with Crippen LogP contribution in [0.4, 0.5) is 0 Å². The molecule has 0 bridgehead atoms. The van der Waals surface area contributed by atoms with Crippen molar-refractivity contribution in [3.05, 3.63) is 153 Å². The fourth-order valence-electron chi connectivity index (χ4n) is 9.85. The molecule has 1 amide bonds. The van der Waals surface area contributed by atoms with E-state index in [0.717, 1.165) is 16.7 Å². The molecule has 19 heteroatoms. The molecule has 0 heterocycles. The standard InChI is InChI=1S/C22H25NO3.C22H24O4.C17H25IO3.C6H13NO2.CH4.I4/c1-22(2,3)19(21(23)25)12-20(24)26-13-18-16-10-6-4-8-14(16)15-9-5-7-11-17(15)18;1-22(2,3)19(21(24)25)12-20(23)26-13-18-16-10-6-4-8-14(16)15-9-5-7-11-17(15)18;1-5-15(19)13(11-16(20)21-17(2,3)4)10-12-6-8-14(18)9-7-12;1-6(2,3)4(7)5(8)9;;1-4(2)3/h4-11,18-19H,12-13H2,1-3H3,(H2,23,25);4-11,18-19H,12-13H2,1-3H3,(H,24,25);6-9,13,15,19H,5,10-11H2,1-4H3;4H,7H2,1-3H3,(H,8,9);1H4;/t2*19-;13-,15+;4-;;/m1111../s1. The zero-order valence-electron chi connectivity index (χ0n) is 51.6. The SMILES string of the molecule is C.CC(C)(C)[C@H](CC(=O)OCC1c2ccccc2-c2ccccc21)C(=O)O.CC(C)(C)[C@H](CC(=O)OCC1c2ccccc2-c2ccccc21)C(N)=O.CC(C)(C)[C@H](N)C(=O)O.CC[C@H](O)[C@@H](CC(=O)OC(C)(C)C)Cc1ccc(I)cc1.II(I)I. The Hall–Kier alpha value is -3.51. The van der Waals surface area contributed by atoms with Gasteiger partial charge in [-0.2, -0.15) is 0 Å². The van der Waals surface area contributed by atoms with Crippen molar-refractivity contribution >= 4 is 122 Å². The summed E-state index contributed by atoms with van der Waals surface area (Å²) in [5.41, 5.74) is 19.5. The number of carboxylic acid groups (broad SMARTS) is 2. The van der Waals surface area contributed by atoms with Crippen LogP contribution in [0.3, 0.4) is 0 Å². The quantitative estimate of drug-likeness (QED) is 0.0331. The molecule has 5 atom stereocenters. The van der Waals surface area contributed by atoms with E-state index in [0.29, 0.717) is 12.8 Å². The number of ether oxygens (including phenoxy) is 3. The van der Waals surface area contributed by atoms with Crippen LogP contribution in [0.2, 0.25) is 0 Å². The van der Waals surface area contributed by atoms with Crippen molar-refractivity contribution in [2.75, 3.05) is 13.2 Å². The second kappa shape index (κ2) is 36.5. The van der Waals surface area contributed by atoms with Crippen LogP contribution in [0, 0.1) is 37.6 Å². The molecule has 2 aliphatic rings. The second-order valence-electron chi connectivity index (χ2n) is 25.5. The monoisotopic (exact) mass is 1760 g/mol. The molecule has 0 saturated carbocycles. The van der Waals surface area contributed by atoms with Gasteiger partial charge in [0.15, 0.2) is 0 Å². The number of hydrogen-bond acceptors (Lipinski definition) is 11. The molecule has 0 spiro atoms. The Bertz CT molecular complexity index is 2800. The van der Waals surface area contributed by atoms with Gasteiger partial charge in [0.25, 0.3) is 0 Å². The van der Waals surface area contributed by atoms with Crippen molar-refractivity contribution in [3.63, 3.8) is 0 Å². The van der Waals surface area contributed by atoms with E-state index in [2.05, 4.69) is 127 Å². The van der Waals surface area contributed by atoms with Gasteiger partial charge in [0.2, 0.25) is 5.91 Å². The van der Waals surface area contributed by atoms with Gasteiger partial charge in [-0.1, -0.05) is 186 Å². The van der Waals surface area contributed by atoms with E-state index in [1.165, 1.54) is 37.0 Å². The van der Waals surface area contributed by atoms with Gasteiger partial charge in [0.05, 0.1) is 37.2 Å². The van der Waals surface area contributed by atoms with Gasteiger partial charge < -0.3 is 41.0 Å². The minimum absolute atomic E-state index is 0. The first-order valence-electron chi connectivity index (χ1n) is 28.4. The summed E-state index contributed by atoms with van der Waals surface area (Å²) >= 11 is 9.68. The van der Waals surface area contributed by atoms with Gasteiger partial charge in [-0.3, -0.25) is 28.8 Å². The number of esters is 3. The van der Waals surface area contributed by atoms with Crippen LogP contribution in [0.1, 0.15) is 163 Å². The summed E-state index contributed by atoms with van der Waals surface area (Å²) in [6, 6.07) is 40.1. The molecular weight excluding hydrogens is 1670 g/mol. The van der Waals surface area contributed by atoms with Crippen LogP contribution in [0.5, 0.6) is 0 Å². The Morgan fingerprint density at radius 2 is 0.885 bits per heavy atom. The van der Waals surface area contributed by atoms with Gasteiger partial charge in [0, 0.05) is 15.4 Å². The van der Waals surface area contributed by atoms with E-state index < -0.39 is 58.8 Å². The van der Waals surface area contributed by atoms with Gasteiger partial charge in [0.1, 0.15) is 24.9 Å². The third kappa shape index (κ3) is 26.7. The normalized spacial score (nSPS) is 14.2. The van der Waals surface area contributed by atoms with Crippen molar-refractivity contribution in [3.8, 4) is 22.3 Å². The molecular formula is C68H91I5N2O12. The van der Waals surface area contributed by atoms with Gasteiger partial charge in [-0.15, -0.1) is 0 Å². The molecule has 7 N–H and O–H groups in total. The van der Waals surface area contributed by atoms with E-state index in [9.17, 15) is 39.0 Å². The zero-order valence-corrected chi connectivity index (χ0v) is 62.4. The molecule has 0 saturated heterocycles. The van der Waals surface area contributed by atoms with E-state index in [-0.39, 0.29) is 88.3 Å². The molecule has 14 nitrogen and oxygen atoms in total. The first-order chi connectivity index (χ1) is 39.9. The average molecular weight is 1760 g/mol. The van der Waals surface area contributed by atoms with E-state index >= 15 is 0 Å². The van der Waals surface area contributed by atoms with Crippen molar-refractivity contribution in [2.45, 2.75) is 159 Å². The van der Waals surface area contributed by atoms with Crippen LogP contribution in [0.15, 0.2) is 121 Å². The molecule has 0 fully saturated rings. The van der Waals surface area contributed by atoms with E-state index in [1.54, 1.807) is 20.8 Å². The maximum atomic E-state index is 12.4. The molecule has 0 aliphatic heterocycles. The predicted octanol–water partition coefficient (Wildman–Crippen LogP) is 16.9. The number of carboxylic acids is 2. The Morgan fingerprint density at radius 3 is 1.16 bits per heavy atom. The first kappa shape index (κ1) is 79.6. The first-order valence-corrected chi connectivity index (χ1v) is 48.3. The average Bonchev–Trinajstić information content (AvgIpc) is 2.17. The number of carbonyl (C=O) groups excluding carboxylic acids is 4. The fraction of sp³-hybridized carbons (Fsp3) is 0.471. The molecule has 0 unspecified atom stereocenters.